The van der Waals surface area contributed by atoms with E-state index < -0.39 is 5.79 Å². The number of amides is 2. The first-order valence-corrected chi connectivity index (χ1v) is 9.10. The lowest BCUT2D eigenvalue weighted by Crippen LogP contribution is -2.51. The molecule has 0 radical (unpaired) electrons. The first kappa shape index (κ1) is 16.7. The summed E-state index contributed by atoms with van der Waals surface area (Å²) in [6.45, 7) is 4.75. The monoisotopic (exact) mass is 344 g/mol. The van der Waals surface area contributed by atoms with Crippen molar-refractivity contribution in [1.29, 1.82) is 0 Å². The van der Waals surface area contributed by atoms with Crippen molar-refractivity contribution in [2.24, 2.45) is 0 Å². The van der Waals surface area contributed by atoms with Crippen LogP contribution in [-0.2, 0) is 25.5 Å². The van der Waals surface area contributed by atoms with Crippen molar-refractivity contribution in [2.45, 2.75) is 44.4 Å². The quantitative estimate of drug-likeness (QED) is 0.782. The number of piperidine rings is 1. The van der Waals surface area contributed by atoms with Gasteiger partial charge in [-0.2, -0.15) is 0 Å². The minimum absolute atomic E-state index is 0.102. The van der Waals surface area contributed by atoms with Gasteiger partial charge in [0, 0.05) is 25.9 Å². The Morgan fingerprint density at radius 3 is 2.48 bits per heavy atom. The zero-order valence-corrected chi connectivity index (χ0v) is 14.6. The molecular formula is C19H24N2O4. The van der Waals surface area contributed by atoms with Crippen LogP contribution in [0, 0.1) is 0 Å². The molecule has 1 aromatic carbocycles. The van der Waals surface area contributed by atoms with Gasteiger partial charge in [0.05, 0.1) is 31.4 Å². The van der Waals surface area contributed by atoms with Crippen molar-refractivity contribution in [3.8, 4) is 0 Å². The largest absolute Gasteiger partial charge is 0.347 e. The molecule has 4 rings (SSSR count). The van der Waals surface area contributed by atoms with Crippen LogP contribution in [0.1, 0.15) is 31.7 Å². The molecule has 1 spiro atoms. The summed E-state index contributed by atoms with van der Waals surface area (Å²) in [7, 11) is 0. The highest BCUT2D eigenvalue weighted by Gasteiger charge is 2.47. The molecule has 134 valence electrons. The van der Waals surface area contributed by atoms with Crippen molar-refractivity contribution in [3.05, 3.63) is 29.8 Å². The molecule has 0 aliphatic carbocycles. The molecule has 2 amide bonds. The van der Waals surface area contributed by atoms with E-state index in [9.17, 15) is 9.59 Å². The molecule has 3 fully saturated rings. The fraction of sp³-hybridized carbons (Fsp3) is 0.579. The lowest BCUT2D eigenvalue weighted by Gasteiger charge is -2.39. The summed E-state index contributed by atoms with van der Waals surface area (Å²) in [6.07, 6.45) is 2.54. The Morgan fingerprint density at radius 1 is 1.12 bits per heavy atom. The molecular weight excluding hydrogens is 320 g/mol. The standard InChI is InChI=1S/C19H24N2O4/c1-2-14-5-3-4-6-15(14)21-17(22)13-16(18(21)23)20-9-7-19(8-10-20)24-11-12-25-19/h3-6,16H,2,7-13H2,1H3/t16-/m1/s1. The smallest absolute Gasteiger partial charge is 0.251 e. The molecule has 6 nitrogen and oxygen atoms in total. The molecule has 3 saturated heterocycles. The van der Waals surface area contributed by atoms with Crippen molar-refractivity contribution >= 4 is 17.5 Å². The minimum Gasteiger partial charge on any atom is -0.347 e. The number of para-hydroxylation sites is 1. The van der Waals surface area contributed by atoms with E-state index >= 15 is 0 Å². The maximum absolute atomic E-state index is 13.0. The number of ether oxygens (including phenoxy) is 2. The molecule has 3 heterocycles. The van der Waals surface area contributed by atoms with E-state index in [0.29, 0.717) is 26.3 Å². The summed E-state index contributed by atoms with van der Waals surface area (Å²) < 4.78 is 11.5. The summed E-state index contributed by atoms with van der Waals surface area (Å²) in [4.78, 5) is 29.1. The Hall–Kier alpha value is -1.76. The number of carbonyl (C=O) groups excluding carboxylic acids is 2. The van der Waals surface area contributed by atoms with Gasteiger partial charge in [-0.3, -0.25) is 14.5 Å². The van der Waals surface area contributed by atoms with Gasteiger partial charge in [-0.1, -0.05) is 25.1 Å². The van der Waals surface area contributed by atoms with Crippen LogP contribution in [-0.4, -0.2) is 54.8 Å². The summed E-state index contributed by atoms with van der Waals surface area (Å²) in [5, 5.41) is 0. The number of likely N-dealkylation sites (tertiary alicyclic amines) is 1. The van der Waals surface area contributed by atoms with E-state index in [0.717, 1.165) is 30.5 Å². The predicted molar refractivity (Wildman–Crippen MR) is 92.2 cm³/mol. The third-order valence-corrected chi connectivity index (χ3v) is 5.55. The minimum atomic E-state index is -0.462. The third-order valence-electron chi connectivity index (χ3n) is 5.55. The molecule has 3 aliphatic heterocycles. The number of hydrogen-bond acceptors (Lipinski definition) is 5. The number of anilines is 1. The van der Waals surface area contributed by atoms with Crippen LogP contribution in [0.5, 0.6) is 0 Å². The highest BCUT2D eigenvalue weighted by atomic mass is 16.7. The van der Waals surface area contributed by atoms with E-state index in [-0.39, 0.29) is 24.3 Å². The fourth-order valence-corrected chi connectivity index (χ4v) is 4.14. The Bertz CT molecular complexity index is 674. The highest BCUT2D eigenvalue weighted by Crippen LogP contribution is 2.35. The molecule has 6 heteroatoms. The average molecular weight is 344 g/mol. The number of nitrogens with zero attached hydrogens (tertiary/aromatic N) is 2. The van der Waals surface area contributed by atoms with E-state index in [1.54, 1.807) is 0 Å². The maximum Gasteiger partial charge on any atom is 0.251 e. The predicted octanol–water partition coefficient (Wildman–Crippen LogP) is 1.72. The van der Waals surface area contributed by atoms with Crippen molar-refractivity contribution in [2.75, 3.05) is 31.2 Å². The van der Waals surface area contributed by atoms with Gasteiger partial charge in [0.15, 0.2) is 5.79 Å². The third kappa shape index (κ3) is 2.88. The van der Waals surface area contributed by atoms with Gasteiger partial charge in [0.2, 0.25) is 5.91 Å². The number of hydrogen-bond donors (Lipinski definition) is 0. The van der Waals surface area contributed by atoms with Crippen LogP contribution in [0.25, 0.3) is 0 Å². The second-order valence-corrected chi connectivity index (χ2v) is 6.91. The molecule has 0 saturated carbocycles. The SMILES string of the molecule is CCc1ccccc1N1C(=O)C[C@@H](N2CCC3(CC2)OCCO3)C1=O. The first-order valence-electron chi connectivity index (χ1n) is 9.10. The zero-order chi connectivity index (χ0) is 17.4. The van der Waals surface area contributed by atoms with Crippen molar-refractivity contribution < 1.29 is 19.1 Å². The Kier molecular flexibility index (Phi) is 4.35. The van der Waals surface area contributed by atoms with Crippen molar-refractivity contribution in [1.82, 2.24) is 4.90 Å². The Labute approximate surface area is 147 Å². The lowest BCUT2D eigenvalue weighted by atomic mass is 10.0. The fourth-order valence-electron chi connectivity index (χ4n) is 4.14. The van der Waals surface area contributed by atoms with Gasteiger partial charge in [-0.15, -0.1) is 0 Å². The number of rotatable bonds is 3. The van der Waals surface area contributed by atoms with Gasteiger partial charge in [-0.05, 0) is 18.1 Å². The average Bonchev–Trinajstić information content (AvgIpc) is 3.20. The van der Waals surface area contributed by atoms with Crippen LogP contribution < -0.4 is 4.90 Å². The maximum atomic E-state index is 13.0. The first-order chi connectivity index (χ1) is 12.1. The number of carbonyl (C=O) groups is 2. The van der Waals surface area contributed by atoms with Crippen LogP contribution in [0.15, 0.2) is 24.3 Å². The number of imide groups is 1. The Balaban J connectivity index is 1.50. The van der Waals surface area contributed by atoms with E-state index in [1.165, 1.54) is 4.90 Å². The molecule has 0 aromatic heterocycles. The normalized spacial score (nSPS) is 26.8. The lowest BCUT2D eigenvalue weighted by molar-refractivity contribution is -0.188. The molecule has 0 bridgehead atoms. The van der Waals surface area contributed by atoms with Crippen LogP contribution >= 0.6 is 0 Å². The molecule has 0 unspecified atom stereocenters. The van der Waals surface area contributed by atoms with Crippen LogP contribution in [0.4, 0.5) is 5.69 Å². The van der Waals surface area contributed by atoms with Gasteiger partial charge in [0.25, 0.3) is 5.91 Å². The molecule has 1 aromatic rings. The highest BCUT2D eigenvalue weighted by molar-refractivity contribution is 6.22. The zero-order valence-electron chi connectivity index (χ0n) is 14.6. The summed E-state index contributed by atoms with van der Waals surface area (Å²) >= 11 is 0. The van der Waals surface area contributed by atoms with Gasteiger partial charge in [0.1, 0.15) is 0 Å². The van der Waals surface area contributed by atoms with Gasteiger partial charge in [-0.25, -0.2) is 4.90 Å². The Morgan fingerprint density at radius 2 is 1.80 bits per heavy atom. The summed E-state index contributed by atoms with van der Waals surface area (Å²) in [5.74, 6) is -0.670. The molecule has 3 aliphatic rings. The van der Waals surface area contributed by atoms with Crippen LogP contribution in [0.2, 0.25) is 0 Å². The summed E-state index contributed by atoms with van der Waals surface area (Å²) in [5.41, 5.74) is 1.76. The van der Waals surface area contributed by atoms with Gasteiger partial charge >= 0.3 is 0 Å². The second kappa shape index (κ2) is 6.52. The topological polar surface area (TPSA) is 59.1 Å². The van der Waals surface area contributed by atoms with E-state index in [4.69, 9.17) is 9.47 Å². The number of benzene rings is 1. The van der Waals surface area contributed by atoms with E-state index in [2.05, 4.69) is 4.90 Å². The molecule has 0 N–H and O–H groups in total. The van der Waals surface area contributed by atoms with Crippen molar-refractivity contribution in [3.63, 3.8) is 0 Å². The van der Waals surface area contributed by atoms with Crippen LogP contribution in [0.3, 0.4) is 0 Å². The molecule has 1 atom stereocenters. The second-order valence-electron chi connectivity index (χ2n) is 6.91. The number of aryl methyl sites for hydroxylation is 1. The molecule has 25 heavy (non-hydrogen) atoms. The summed E-state index contributed by atoms with van der Waals surface area (Å²) in [6, 6.07) is 7.29. The van der Waals surface area contributed by atoms with Gasteiger partial charge < -0.3 is 9.47 Å². The van der Waals surface area contributed by atoms with E-state index in [1.807, 2.05) is 31.2 Å².